The van der Waals surface area contributed by atoms with Gasteiger partial charge in [0.05, 0.1) is 31.3 Å². The summed E-state index contributed by atoms with van der Waals surface area (Å²) in [7, 11) is 5.28. The van der Waals surface area contributed by atoms with Gasteiger partial charge in [-0.1, -0.05) is 13.8 Å². The van der Waals surface area contributed by atoms with Crippen molar-refractivity contribution in [3.05, 3.63) is 0 Å². The maximum Gasteiger partial charge on any atom is 0.249 e. The number of rotatable bonds is 7. The Morgan fingerprint density at radius 1 is 1.00 bits per heavy atom. The number of methoxy groups -OCH3 is 1. The standard InChI is InChI=1S/C17H31N3O5/c1-9(2)13(20(4)5)17(22)19-12-8-25-14-11(7-24-15(12)14)18-16(21)10(3)23-6/h9-15H,7-8H2,1-6H3,(H,18,21)(H,19,22)/t10-,11-,12-,13?,14+,15+/m0/s1. The Morgan fingerprint density at radius 2 is 1.48 bits per heavy atom. The molecule has 8 heteroatoms. The Kier molecular flexibility index (Phi) is 6.79. The molecule has 8 nitrogen and oxygen atoms in total. The fraction of sp³-hybridized carbons (Fsp3) is 0.882. The van der Waals surface area contributed by atoms with Gasteiger partial charge in [-0.15, -0.1) is 0 Å². The molecule has 0 radical (unpaired) electrons. The normalized spacial score (nSPS) is 31.0. The van der Waals surface area contributed by atoms with E-state index < -0.39 is 6.10 Å². The molecule has 2 aliphatic heterocycles. The number of hydrogen-bond donors (Lipinski definition) is 2. The van der Waals surface area contributed by atoms with E-state index in [0.29, 0.717) is 13.2 Å². The van der Waals surface area contributed by atoms with Crippen molar-refractivity contribution in [1.29, 1.82) is 0 Å². The average Bonchev–Trinajstić information content (AvgIpc) is 3.09. The molecule has 2 N–H and O–H groups in total. The summed E-state index contributed by atoms with van der Waals surface area (Å²) < 4.78 is 16.6. The third-order valence-electron chi connectivity index (χ3n) is 4.89. The van der Waals surface area contributed by atoms with E-state index in [0.717, 1.165) is 0 Å². The highest BCUT2D eigenvalue weighted by Crippen LogP contribution is 2.27. The van der Waals surface area contributed by atoms with Crippen molar-refractivity contribution in [3.8, 4) is 0 Å². The second kappa shape index (κ2) is 8.44. The summed E-state index contributed by atoms with van der Waals surface area (Å²) in [6.07, 6.45) is -1.03. The molecular weight excluding hydrogens is 326 g/mol. The molecule has 0 aromatic rings. The number of amides is 2. The van der Waals surface area contributed by atoms with E-state index in [1.165, 1.54) is 7.11 Å². The van der Waals surface area contributed by atoms with Gasteiger partial charge in [-0.2, -0.15) is 0 Å². The van der Waals surface area contributed by atoms with Crippen LogP contribution in [0.3, 0.4) is 0 Å². The van der Waals surface area contributed by atoms with Crippen LogP contribution in [0.4, 0.5) is 0 Å². The molecule has 25 heavy (non-hydrogen) atoms. The van der Waals surface area contributed by atoms with Crippen LogP contribution >= 0.6 is 0 Å². The molecule has 6 atom stereocenters. The number of hydrogen-bond acceptors (Lipinski definition) is 6. The molecule has 0 spiro atoms. The molecule has 0 aliphatic carbocycles. The van der Waals surface area contributed by atoms with Gasteiger partial charge in [0.25, 0.3) is 0 Å². The number of fused-ring (bicyclic) bond motifs is 1. The minimum absolute atomic E-state index is 0.0293. The van der Waals surface area contributed by atoms with Gasteiger partial charge < -0.3 is 24.8 Å². The smallest absolute Gasteiger partial charge is 0.249 e. The molecule has 2 saturated heterocycles. The van der Waals surface area contributed by atoms with Crippen LogP contribution in [-0.4, -0.2) is 87.6 Å². The molecule has 2 amide bonds. The predicted molar refractivity (Wildman–Crippen MR) is 92.1 cm³/mol. The molecule has 0 saturated carbocycles. The molecule has 2 heterocycles. The van der Waals surface area contributed by atoms with E-state index in [-0.39, 0.29) is 48.1 Å². The molecule has 144 valence electrons. The highest BCUT2D eigenvalue weighted by atomic mass is 16.6. The van der Waals surface area contributed by atoms with Crippen molar-refractivity contribution in [3.63, 3.8) is 0 Å². The zero-order valence-corrected chi connectivity index (χ0v) is 15.9. The molecule has 2 fully saturated rings. The van der Waals surface area contributed by atoms with Crippen molar-refractivity contribution in [2.45, 2.75) is 57.2 Å². The molecular formula is C17H31N3O5. The maximum absolute atomic E-state index is 12.6. The summed E-state index contributed by atoms with van der Waals surface area (Å²) in [5.74, 6) is -0.0289. The Balaban J connectivity index is 1.93. The number of carbonyl (C=O) groups excluding carboxylic acids is 2. The number of carbonyl (C=O) groups is 2. The molecule has 1 unspecified atom stereocenters. The first-order valence-corrected chi connectivity index (χ1v) is 8.79. The van der Waals surface area contributed by atoms with Crippen molar-refractivity contribution in [1.82, 2.24) is 15.5 Å². The minimum atomic E-state index is -0.525. The van der Waals surface area contributed by atoms with Crippen LogP contribution in [0.5, 0.6) is 0 Å². The summed E-state index contributed by atoms with van der Waals surface area (Å²) in [5, 5.41) is 5.95. The molecule has 0 aromatic carbocycles. The molecule has 2 rings (SSSR count). The largest absolute Gasteiger partial charge is 0.372 e. The fourth-order valence-corrected chi connectivity index (χ4v) is 3.56. The van der Waals surface area contributed by atoms with Gasteiger partial charge in [0.2, 0.25) is 11.8 Å². The van der Waals surface area contributed by atoms with Crippen molar-refractivity contribution in [2.75, 3.05) is 34.4 Å². The van der Waals surface area contributed by atoms with Crippen LogP contribution in [0.1, 0.15) is 20.8 Å². The highest BCUT2D eigenvalue weighted by molar-refractivity contribution is 5.82. The Morgan fingerprint density at radius 3 is 1.88 bits per heavy atom. The zero-order valence-electron chi connectivity index (χ0n) is 15.9. The summed E-state index contributed by atoms with van der Waals surface area (Å²) in [6, 6.07) is -0.647. The van der Waals surface area contributed by atoms with Gasteiger partial charge in [-0.25, -0.2) is 0 Å². The van der Waals surface area contributed by atoms with Crippen LogP contribution in [0.15, 0.2) is 0 Å². The number of ether oxygens (including phenoxy) is 3. The summed E-state index contributed by atoms with van der Waals surface area (Å²) in [6.45, 7) is 6.48. The van der Waals surface area contributed by atoms with Gasteiger partial charge in [0, 0.05) is 7.11 Å². The SMILES string of the molecule is CO[C@@H](C)C(=O)N[C@H]1CO[C@H]2[C@@H]1OC[C@@H]2NC(=O)C(C(C)C)N(C)C. The Labute approximate surface area is 149 Å². The number of nitrogens with one attached hydrogen (secondary N) is 2. The topological polar surface area (TPSA) is 89.1 Å². The Bertz CT molecular complexity index is 477. The second-order valence-corrected chi connectivity index (χ2v) is 7.36. The van der Waals surface area contributed by atoms with Crippen LogP contribution < -0.4 is 10.6 Å². The monoisotopic (exact) mass is 357 g/mol. The minimum Gasteiger partial charge on any atom is -0.372 e. The summed E-state index contributed by atoms with van der Waals surface area (Å²) in [5.41, 5.74) is 0. The molecule has 0 bridgehead atoms. The second-order valence-electron chi connectivity index (χ2n) is 7.36. The first kappa shape index (κ1) is 20.1. The maximum atomic E-state index is 12.6. The zero-order chi connectivity index (χ0) is 18.7. The lowest BCUT2D eigenvalue weighted by atomic mass is 10.0. The van der Waals surface area contributed by atoms with Gasteiger partial charge in [0.15, 0.2) is 0 Å². The lowest BCUT2D eigenvalue weighted by Crippen LogP contribution is -2.53. The van der Waals surface area contributed by atoms with Gasteiger partial charge >= 0.3 is 0 Å². The van der Waals surface area contributed by atoms with Crippen LogP contribution in [0, 0.1) is 5.92 Å². The fourth-order valence-electron chi connectivity index (χ4n) is 3.56. The number of nitrogens with zero attached hydrogens (tertiary/aromatic N) is 1. The summed E-state index contributed by atoms with van der Waals surface area (Å²) >= 11 is 0. The van der Waals surface area contributed by atoms with Crippen molar-refractivity contribution < 1.29 is 23.8 Å². The molecule has 2 aliphatic rings. The van der Waals surface area contributed by atoms with E-state index >= 15 is 0 Å². The van der Waals surface area contributed by atoms with E-state index in [9.17, 15) is 9.59 Å². The van der Waals surface area contributed by atoms with E-state index in [2.05, 4.69) is 10.6 Å². The third kappa shape index (κ3) is 4.49. The van der Waals surface area contributed by atoms with Gasteiger partial charge in [-0.05, 0) is 26.9 Å². The third-order valence-corrected chi connectivity index (χ3v) is 4.89. The van der Waals surface area contributed by atoms with Crippen LogP contribution in [-0.2, 0) is 23.8 Å². The van der Waals surface area contributed by atoms with Gasteiger partial charge in [-0.3, -0.25) is 14.5 Å². The van der Waals surface area contributed by atoms with Crippen LogP contribution in [0.2, 0.25) is 0 Å². The number of likely N-dealkylation sites (N-methyl/N-ethyl adjacent to an activating group) is 1. The Hall–Kier alpha value is -1.22. The quantitative estimate of drug-likeness (QED) is 0.631. The first-order chi connectivity index (χ1) is 11.8. The average molecular weight is 357 g/mol. The predicted octanol–water partition coefficient (Wildman–Crippen LogP) is -0.625. The van der Waals surface area contributed by atoms with Gasteiger partial charge in [0.1, 0.15) is 18.3 Å². The summed E-state index contributed by atoms with van der Waals surface area (Å²) in [4.78, 5) is 26.5. The van der Waals surface area contributed by atoms with Crippen LogP contribution in [0.25, 0.3) is 0 Å². The first-order valence-electron chi connectivity index (χ1n) is 8.79. The highest BCUT2D eigenvalue weighted by Gasteiger charge is 2.49. The van der Waals surface area contributed by atoms with Crippen molar-refractivity contribution >= 4 is 11.8 Å². The lowest BCUT2D eigenvalue weighted by Gasteiger charge is -2.28. The molecule has 0 aromatic heterocycles. The van der Waals surface area contributed by atoms with Crippen molar-refractivity contribution in [2.24, 2.45) is 5.92 Å². The van der Waals surface area contributed by atoms with E-state index in [1.807, 2.05) is 32.8 Å². The van der Waals surface area contributed by atoms with E-state index in [1.54, 1.807) is 6.92 Å². The van der Waals surface area contributed by atoms with E-state index in [4.69, 9.17) is 14.2 Å². The lowest BCUT2D eigenvalue weighted by molar-refractivity contribution is -0.131.